The molecule has 1 amide bonds. The normalized spacial score (nSPS) is 22.4. The van der Waals surface area contributed by atoms with Crippen molar-refractivity contribution >= 4 is 33.2 Å². The molecule has 1 aromatic carbocycles. The van der Waals surface area contributed by atoms with Gasteiger partial charge in [-0.25, -0.2) is 13.1 Å². The molecule has 2 fully saturated rings. The van der Waals surface area contributed by atoms with Gasteiger partial charge in [-0.3, -0.25) is 4.79 Å². The predicted octanol–water partition coefficient (Wildman–Crippen LogP) is 1.61. The number of amides is 1. The van der Waals surface area contributed by atoms with E-state index in [1.54, 1.807) is 12.1 Å². The van der Waals surface area contributed by atoms with Crippen LogP contribution in [0.1, 0.15) is 19.3 Å². The van der Waals surface area contributed by atoms with Gasteiger partial charge in [0.05, 0.1) is 24.8 Å². The molecule has 8 nitrogen and oxygen atoms in total. The Hall–Kier alpha value is -1.39. The van der Waals surface area contributed by atoms with Gasteiger partial charge in [0, 0.05) is 44.3 Å². The SMILES string of the molecule is O=C1CCC(CNc2ccc(S(=O)(=O)NCCOCC3CCOC3)c(Cl)c2)CN1. The molecule has 3 rings (SSSR count). The van der Waals surface area contributed by atoms with E-state index in [1.165, 1.54) is 6.07 Å². The maximum atomic E-state index is 12.5. The Kier molecular flexibility index (Phi) is 8.14. The zero-order valence-electron chi connectivity index (χ0n) is 16.3. The molecule has 0 aromatic heterocycles. The largest absolute Gasteiger partial charge is 0.385 e. The summed E-state index contributed by atoms with van der Waals surface area (Å²) in [6, 6.07) is 4.79. The van der Waals surface area contributed by atoms with Crippen LogP contribution in [0.4, 0.5) is 5.69 Å². The van der Waals surface area contributed by atoms with Crippen molar-refractivity contribution in [2.45, 2.75) is 24.2 Å². The molecule has 2 atom stereocenters. The number of sulfonamides is 1. The van der Waals surface area contributed by atoms with Crippen molar-refractivity contribution in [3.8, 4) is 0 Å². The maximum Gasteiger partial charge on any atom is 0.242 e. The average Bonchev–Trinajstić information content (AvgIpc) is 3.20. The minimum atomic E-state index is -3.71. The van der Waals surface area contributed by atoms with E-state index in [4.69, 9.17) is 21.1 Å². The Bertz CT molecular complexity index is 789. The smallest absolute Gasteiger partial charge is 0.242 e. The van der Waals surface area contributed by atoms with Crippen molar-refractivity contribution in [3.63, 3.8) is 0 Å². The molecule has 0 saturated carbocycles. The molecule has 10 heteroatoms. The fraction of sp³-hybridized carbons (Fsp3) is 0.632. The molecule has 29 heavy (non-hydrogen) atoms. The molecule has 2 saturated heterocycles. The van der Waals surface area contributed by atoms with Crippen LogP contribution in [-0.4, -0.2) is 60.4 Å². The first kappa shape index (κ1) is 22.3. The highest BCUT2D eigenvalue weighted by atomic mass is 35.5. The number of piperidine rings is 1. The minimum Gasteiger partial charge on any atom is -0.385 e. The first-order chi connectivity index (χ1) is 13.9. The fourth-order valence-electron chi connectivity index (χ4n) is 3.34. The van der Waals surface area contributed by atoms with Gasteiger partial charge < -0.3 is 20.1 Å². The molecule has 2 aliphatic heterocycles. The second kappa shape index (κ2) is 10.6. The lowest BCUT2D eigenvalue weighted by atomic mass is 9.99. The molecular formula is C19H28ClN3O5S. The number of halogens is 1. The number of rotatable bonds is 10. The van der Waals surface area contributed by atoms with E-state index in [9.17, 15) is 13.2 Å². The van der Waals surface area contributed by atoms with Gasteiger partial charge in [0.15, 0.2) is 0 Å². The number of carbonyl (C=O) groups is 1. The Morgan fingerprint density at radius 2 is 2.14 bits per heavy atom. The summed E-state index contributed by atoms with van der Waals surface area (Å²) >= 11 is 6.22. The summed E-state index contributed by atoms with van der Waals surface area (Å²) < 4.78 is 38.3. The summed E-state index contributed by atoms with van der Waals surface area (Å²) in [6.07, 6.45) is 2.35. The molecule has 0 spiro atoms. The molecule has 0 aliphatic carbocycles. The van der Waals surface area contributed by atoms with E-state index in [-0.39, 0.29) is 22.4 Å². The topological polar surface area (TPSA) is 106 Å². The third-order valence-corrected chi connectivity index (χ3v) is 7.04. The van der Waals surface area contributed by atoms with Gasteiger partial charge in [0.1, 0.15) is 4.90 Å². The average molecular weight is 446 g/mol. The van der Waals surface area contributed by atoms with Crippen molar-refractivity contribution in [2.24, 2.45) is 11.8 Å². The molecule has 1 aromatic rings. The third-order valence-electron chi connectivity index (χ3n) is 5.10. The highest BCUT2D eigenvalue weighted by Crippen LogP contribution is 2.25. The van der Waals surface area contributed by atoms with Crippen LogP contribution in [0.5, 0.6) is 0 Å². The summed E-state index contributed by atoms with van der Waals surface area (Å²) in [6.45, 7) is 3.85. The number of anilines is 1. The van der Waals surface area contributed by atoms with E-state index in [2.05, 4.69) is 15.4 Å². The van der Waals surface area contributed by atoms with Crippen LogP contribution >= 0.6 is 11.6 Å². The molecular weight excluding hydrogens is 418 g/mol. The van der Waals surface area contributed by atoms with Crippen LogP contribution in [-0.2, 0) is 24.3 Å². The van der Waals surface area contributed by atoms with Gasteiger partial charge in [0.25, 0.3) is 0 Å². The van der Waals surface area contributed by atoms with Gasteiger partial charge in [-0.2, -0.15) is 0 Å². The molecule has 0 bridgehead atoms. The number of benzene rings is 1. The number of ether oxygens (including phenoxy) is 2. The van der Waals surface area contributed by atoms with E-state index in [1.807, 2.05) is 0 Å². The summed E-state index contributed by atoms with van der Waals surface area (Å²) in [7, 11) is -3.71. The first-order valence-electron chi connectivity index (χ1n) is 9.89. The Morgan fingerprint density at radius 3 is 2.83 bits per heavy atom. The number of hydrogen-bond acceptors (Lipinski definition) is 6. The molecule has 162 valence electrons. The van der Waals surface area contributed by atoms with Gasteiger partial charge in [0.2, 0.25) is 15.9 Å². The van der Waals surface area contributed by atoms with E-state index in [0.29, 0.717) is 51.2 Å². The Morgan fingerprint density at radius 1 is 1.28 bits per heavy atom. The van der Waals surface area contributed by atoms with Crippen LogP contribution in [0.3, 0.4) is 0 Å². The molecule has 0 radical (unpaired) electrons. The van der Waals surface area contributed by atoms with Crippen LogP contribution in [0, 0.1) is 11.8 Å². The number of nitrogens with one attached hydrogen (secondary N) is 3. The predicted molar refractivity (Wildman–Crippen MR) is 111 cm³/mol. The lowest BCUT2D eigenvalue weighted by Crippen LogP contribution is -2.37. The van der Waals surface area contributed by atoms with Crippen LogP contribution in [0.2, 0.25) is 5.02 Å². The van der Waals surface area contributed by atoms with Crippen molar-refractivity contribution in [2.75, 3.05) is 51.4 Å². The second-order valence-corrected chi connectivity index (χ2v) is 9.58. The Balaban J connectivity index is 1.44. The lowest BCUT2D eigenvalue weighted by Gasteiger charge is -2.23. The molecule has 3 N–H and O–H groups in total. The monoisotopic (exact) mass is 445 g/mol. The molecule has 2 heterocycles. The number of hydrogen-bond donors (Lipinski definition) is 3. The third kappa shape index (κ3) is 6.82. The maximum absolute atomic E-state index is 12.5. The van der Waals surface area contributed by atoms with Crippen LogP contribution < -0.4 is 15.4 Å². The Labute approximate surface area is 176 Å². The zero-order valence-corrected chi connectivity index (χ0v) is 17.9. The lowest BCUT2D eigenvalue weighted by molar-refractivity contribution is -0.122. The summed E-state index contributed by atoms with van der Waals surface area (Å²) in [5.41, 5.74) is 0.743. The van der Waals surface area contributed by atoms with Crippen molar-refractivity contribution in [1.82, 2.24) is 10.0 Å². The molecule has 2 unspecified atom stereocenters. The van der Waals surface area contributed by atoms with E-state index < -0.39 is 10.0 Å². The van der Waals surface area contributed by atoms with E-state index in [0.717, 1.165) is 25.1 Å². The van der Waals surface area contributed by atoms with Crippen LogP contribution in [0.25, 0.3) is 0 Å². The van der Waals surface area contributed by atoms with Gasteiger partial charge >= 0.3 is 0 Å². The summed E-state index contributed by atoms with van der Waals surface area (Å²) in [4.78, 5) is 11.2. The highest BCUT2D eigenvalue weighted by molar-refractivity contribution is 7.89. The highest BCUT2D eigenvalue weighted by Gasteiger charge is 2.20. The summed E-state index contributed by atoms with van der Waals surface area (Å²) in [5, 5.41) is 6.25. The van der Waals surface area contributed by atoms with E-state index >= 15 is 0 Å². The van der Waals surface area contributed by atoms with Crippen LogP contribution in [0.15, 0.2) is 23.1 Å². The van der Waals surface area contributed by atoms with Gasteiger partial charge in [-0.05, 0) is 37.0 Å². The quantitative estimate of drug-likeness (QED) is 0.472. The van der Waals surface area contributed by atoms with Gasteiger partial charge in [-0.15, -0.1) is 0 Å². The first-order valence-corrected chi connectivity index (χ1v) is 11.8. The van der Waals surface area contributed by atoms with Crippen molar-refractivity contribution in [3.05, 3.63) is 23.2 Å². The second-order valence-electron chi connectivity index (χ2n) is 7.44. The molecule has 2 aliphatic rings. The fourth-order valence-corrected chi connectivity index (χ4v) is 4.90. The summed E-state index contributed by atoms with van der Waals surface area (Å²) in [5.74, 6) is 0.822. The number of carbonyl (C=O) groups excluding carboxylic acids is 1. The standard InChI is InChI=1S/C19H28ClN3O5S/c20-17-9-16(21-10-14-1-4-19(24)22-11-14)2-3-18(17)29(25,26)23-6-8-28-13-15-5-7-27-12-15/h2-3,9,14-15,21,23H,1,4-8,10-13H2,(H,22,24). The van der Waals surface area contributed by atoms with Gasteiger partial charge in [-0.1, -0.05) is 11.6 Å². The van der Waals surface area contributed by atoms with Crippen molar-refractivity contribution in [1.29, 1.82) is 0 Å². The van der Waals surface area contributed by atoms with Crippen molar-refractivity contribution < 1.29 is 22.7 Å². The minimum absolute atomic E-state index is 0.0406. The zero-order chi connectivity index (χ0) is 20.7.